The van der Waals surface area contributed by atoms with Gasteiger partial charge < -0.3 is 15.5 Å². The number of nitrogens with one attached hydrogen (secondary N) is 2. The number of hydrogen-bond donors (Lipinski definition) is 2. The van der Waals surface area contributed by atoms with E-state index in [2.05, 4.69) is 29.5 Å². The average molecular weight is 197 g/mol. The number of likely N-dealkylation sites (tertiary alicyclic amines) is 1. The molecule has 2 saturated heterocycles. The number of piperidine rings is 1. The first-order valence-electron chi connectivity index (χ1n) is 5.93. The second-order valence-electron chi connectivity index (χ2n) is 4.91. The van der Waals surface area contributed by atoms with Crippen molar-refractivity contribution >= 4 is 0 Å². The molecule has 0 aromatic heterocycles. The largest absolute Gasteiger partial charge is 0.313 e. The number of likely N-dealkylation sites (N-methyl/N-ethyl adjacent to an activating group) is 1. The summed E-state index contributed by atoms with van der Waals surface area (Å²) in [4.78, 5) is 2.42. The van der Waals surface area contributed by atoms with E-state index in [1.165, 1.54) is 38.9 Å². The van der Waals surface area contributed by atoms with Gasteiger partial charge in [-0.2, -0.15) is 0 Å². The Morgan fingerprint density at radius 2 is 2.21 bits per heavy atom. The van der Waals surface area contributed by atoms with Crippen molar-refractivity contribution < 1.29 is 0 Å². The lowest BCUT2D eigenvalue weighted by Crippen LogP contribution is -2.53. The molecule has 0 spiro atoms. The van der Waals surface area contributed by atoms with E-state index in [1.54, 1.807) is 0 Å². The Hall–Kier alpha value is -0.120. The van der Waals surface area contributed by atoms with Crippen LogP contribution in [-0.2, 0) is 0 Å². The highest BCUT2D eigenvalue weighted by Gasteiger charge is 2.26. The fourth-order valence-electron chi connectivity index (χ4n) is 2.65. The summed E-state index contributed by atoms with van der Waals surface area (Å²) >= 11 is 0. The number of hydrogen-bond acceptors (Lipinski definition) is 3. The van der Waals surface area contributed by atoms with Crippen LogP contribution in [0, 0.1) is 0 Å². The zero-order chi connectivity index (χ0) is 9.97. The zero-order valence-electron chi connectivity index (χ0n) is 9.42. The van der Waals surface area contributed by atoms with Crippen LogP contribution in [0.2, 0.25) is 0 Å². The summed E-state index contributed by atoms with van der Waals surface area (Å²) in [7, 11) is 2.21. The quantitative estimate of drug-likeness (QED) is 0.672. The first kappa shape index (κ1) is 10.4. The van der Waals surface area contributed by atoms with Crippen LogP contribution in [0.5, 0.6) is 0 Å². The molecule has 2 aliphatic rings. The highest BCUT2D eigenvalue weighted by molar-refractivity contribution is 4.89. The Kier molecular flexibility index (Phi) is 3.42. The summed E-state index contributed by atoms with van der Waals surface area (Å²) in [5.74, 6) is 0. The molecule has 0 bridgehead atoms. The fraction of sp³-hybridized carbons (Fsp3) is 1.00. The molecular formula is C11H23N3. The van der Waals surface area contributed by atoms with Gasteiger partial charge in [0, 0.05) is 24.7 Å². The van der Waals surface area contributed by atoms with Crippen molar-refractivity contribution in [1.82, 2.24) is 15.5 Å². The summed E-state index contributed by atoms with van der Waals surface area (Å²) < 4.78 is 0. The summed E-state index contributed by atoms with van der Waals surface area (Å²) in [5, 5.41) is 7.33. The molecule has 2 heterocycles. The molecule has 2 rings (SSSR count). The third-order valence-electron chi connectivity index (χ3n) is 3.60. The van der Waals surface area contributed by atoms with Crippen molar-refractivity contribution in [3.05, 3.63) is 0 Å². The Morgan fingerprint density at radius 1 is 1.36 bits per heavy atom. The minimum absolute atomic E-state index is 0.648. The molecule has 2 N–H and O–H groups in total. The van der Waals surface area contributed by atoms with Crippen molar-refractivity contribution in [3.8, 4) is 0 Å². The van der Waals surface area contributed by atoms with Crippen molar-refractivity contribution in [2.24, 2.45) is 0 Å². The third kappa shape index (κ3) is 2.47. The van der Waals surface area contributed by atoms with E-state index in [0.717, 1.165) is 6.04 Å². The van der Waals surface area contributed by atoms with Gasteiger partial charge >= 0.3 is 0 Å². The van der Waals surface area contributed by atoms with Crippen molar-refractivity contribution in [1.29, 1.82) is 0 Å². The highest BCUT2D eigenvalue weighted by atomic mass is 15.2. The van der Waals surface area contributed by atoms with Gasteiger partial charge in [0.05, 0.1) is 0 Å². The van der Waals surface area contributed by atoms with Crippen molar-refractivity contribution in [2.45, 2.75) is 44.3 Å². The van der Waals surface area contributed by atoms with Gasteiger partial charge in [0.25, 0.3) is 0 Å². The number of nitrogens with zero attached hydrogens (tertiary/aromatic N) is 1. The van der Waals surface area contributed by atoms with Crippen LogP contribution in [0.4, 0.5) is 0 Å². The van der Waals surface area contributed by atoms with Crippen LogP contribution in [0.25, 0.3) is 0 Å². The van der Waals surface area contributed by atoms with Crippen LogP contribution in [0.15, 0.2) is 0 Å². The molecule has 0 aromatic carbocycles. The SMILES string of the molecule is CC1NCCCC1NC1CCN(C)C1. The summed E-state index contributed by atoms with van der Waals surface area (Å²) in [5.41, 5.74) is 0. The Morgan fingerprint density at radius 3 is 2.86 bits per heavy atom. The van der Waals surface area contributed by atoms with Gasteiger partial charge in [0.1, 0.15) is 0 Å². The first-order chi connectivity index (χ1) is 6.75. The topological polar surface area (TPSA) is 27.3 Å². The van der Waals surface area contributed by atoms with E-state index >= 15 is 0 Å². The first-order valence-corrected chi connectivity index (χ1v) is 5.93. The molecule has 3 heteroatoms. The lowest BCUT2D eigenvalue weighted by Gasteiger charge is -2.33. The fourth-order valence-corrected chi connectivity index (χ4v) is 2.65. The second-order valence-corrected chi connectivity index (χ2v) is 4.91. The summed E-state index contributed by atoms with van der Waals surface area (Å²) in [6.45, 7) is 5.98. The van der Waals surface area contributed by atoms with Crippen LogP contribution in [0.1, 0.15) is 26.2 Å². The average Bonchev–Trinajstić information content (AvgIpc) is 2.56. The van der Waals surface area contributed by atoms with E-state index in [-0.39, 0.29) is 0 Å². The molecule has 14 heavy (non-hydrogen) atoms. The standard InChI is InChI=1S/C11H23N3/c1-9-11(4-3-6-12-9)13-10-5-7-14(2)8-10/h9-13H,3-8H2,1-2H3. The molecule has 0 saturated carbocycles. The summed E-state index contributed by atoms with van der Waals surface area (Å²) in [6.07, 6.45) is 3.98. The number of rotatable bonds is 2. The highest BCUT2D eigenvalue weighted by Crippen LogP contribution is 2.13. The predicted molar refractivity (Wildman–Crippen MR) is 59.5 cm³/mol. The predicted octanol–water partition coefficient (Wildman–Crippen LogP) is 0.421. The Bertz CT molecular complexity index is 183. The molecule has 3 atom stereocenters. The third-order valence-corrected chi connectivity index (χ3v) is 3.60. The smallest absolute Gasteiger partial charge is 0.0222 e. The molecule has 2 aliphatic heterocycles. The van der Waals surface area contributed by atoms with Crippen molar-refractivity contribution in [2.75, 3.05) is 26.7 Å². The van der Waals surface area contributed by atoms with Gasteiger partial charge in [0.15, 0.2) is 0 Å². The molecule has 3 unspecified atom stereocenters. The lowest BCUT2D eigenvalue weighted by atomic mass is 9.99. The maximum Gasteiger partial charge on any atom is 0.0222 e. The van der Waals surface area contributed by atoms with E-state index in [9.17, 15) is 0 Å². The van der Waals surface area contributed by atoms with E-state index in [0.29, 0.717) is 12.1 Å². The minimum atomic E-state index is 0.648. The van der Waals surface area contributed by atoms with Gasteiger partial charge in [-0.1, -0.05) is 0 Å². The molecule has 3 nitrogen and oxygen atoms in total. The second kappa shape index (κ2) is 4.60. The minimum Gasteiger partial charge on any atom is -0.313 e. The molecular weight excluding hydrogens is 174 g/mol. The van der Waals surface area contributed by atoms with Gasteiger partial charge in [-0.15, -0.1) is 0 Å². The molecule has 0 aliphatic carbocycles. The van der Waals surface area contributed by atoms with Gasteiger partial charge in [-0.05, 0) is 46.3 Å². The van der Waals surface area contributed by atoms with Crippen molar-refractivity contribution in [3.63, 3.8) is 0 Å². The van der Waals surface area contributed by atoms with Crippen LogP contribution < -0.4 is 10.6 Å². The van der Waals surface area contributed by atoms with Gasteiger partial charge in [-0.25, -0.2) is 0 Å². The van der Waals surface area contributed by atoms with E-state index in [1.807, 2.05) is 0 Å². The molecule has 0 aromatic rings. The Labute approximate surface area is 87.2 Å². The molecule has 82 valence electrons. The van der Waals surface area contributed by atoms with Gasteiger partial charge in [-0.3, -0.25) is 0 Å². The summed E-state index contributed by atoms with van der Waals surface area (Å²) in [6, 6.07) is 2.07. The molecule has 2 fully saturated rings. The Balaban J connectivity index is 1.78. The molecule has 0 radical (unpaired) electrons. The van der Waals surface area contributed by atoms with E-state index < -0.39 is 0 Å². The monoisotopic (exact) mass is 197 g/mol. The van der Waals surface area contributed by atoms with Crippen LogP contribution in [0.3, 0.4) is 0 Å². The van der Waals surface area contributed by atoms with Gasteiger partial charge in [0.2, 0.25) is 0 Å². The van der Waals surface area contributed by atoms with Crippen LogP contribution in [-0.4, -0.2) is 49.7 Å². The maximum atomic E-state index is 3.79. The lowest BCUT2D eigenvalue weighted by molar-refractivity contribution is 0.288. The molecule has 0 amide bonds. The normalized spacial score (nSPS) is 40.3. The van der Waals surface area contributed by atoms with Crippen LogP contribution >= 0.6 is 0 Å². The van der Waals surface area contributed by atoms with E-state index in [4.69, 9.17) is 0 Å². The maximum absolute atomic E-state index is 3.79. The zero-order valence-corrected chi connectivity index (χ0v) is 9.42.